The zero-order valence-corrected chi connectivity index (χ0v) is 31.0. The first-order valence-corrected chi connectivity index (χ1v) is 17.3. The van der Waals surface area contributed by atoms with Crippen LogP contribution < -0.4 is 16.0 Å². The predicted molar refractivity (Wildman–Crippen MR) is 180 cm³/mol. The number of likely N-dealkylation sites (N-methyl/N-ethyl adjacent to an activating group) is 1. The SMILES string of the molecule is CC[C@H](C)[C@H]1NC(=O)[C@@H](C(C)C)OC(=O)[C@H](CC(C)C)N(C)C(=O)[C@H](C(C)C)NC(=O)[C@@H](CC(C)C)OC(=O)[C@@H](CC(C)C)NC1=O. The fraction of sp³-hybridized carbons (Fsp3) is 0.829. The number of ether oxygens (including phenoxy) is 2. The molecule has 0 unspecified atom stereocenters. The van der Waals surface area contributed by atoms with Gasteiger partial charge in [0.2, 0.25) is 11.8 Å². The number of nitrogens with zero attached hydrogens (tertiary/aromatic N) is 1. The van der Waals surface area contributed by atoms with Crippen molar-refractivity contribution < 1.29 is 38.2 Å². The highest BCUT2D eigenvalue weighted by molar-refractivity contribution is 5.95. The molecular weight excluding hydrogens is 604 g/mol. The average molecular weight is 667 g/mol. The smallest absolute Gasteiger partial charge is 0.329 e. The van der Waals surface area contributed by atoms with E-state index in [4.69, 9.17) is 9.47 Å². The van der Waals surface area contributed by atoms with E-state index >= 15 is 0 Å². The first-order valence-electron chi connectivity index (χ1n) is 17.3. The molecular formula is C35H62N4O8. The zero-order chi connectivity index (χ0) is 36.3. The fourth-order valence-electron chi connectivity index (χ4n) is 5.43. The van der Waals surface area contributed by atoms with E-state index in [1.807, 2.05) is 48.5 Å². The van der Waals surface area contributed by atoms with Gasteiger partial charge in [0, 0.05) is 7.05 Å². The van der Waals surface area contributed by atoms with Crippen LogP contribution >= 0.6 is 0 Å². The van der Waals surface area contributed by atoms with Crippen molar-refractivity contribution in [2.24, 2.45) is 35.5 Å². The molecule has 1 saturated heterocycles. The van der Waals surface area contributed by atoms with Crippen LogP contribution in [0.5, 0.6) is 0 Å². The molecule has 0 aromatic rings. The lowest BCUT2D eigenvalue weighted by Crippen LogP contribution is -2.59. The maximum Gasteiger partial charge on any atom is 0.329 e. The van der Waals surface area contributed by atoms with Crippen LogP contribution in [-0.4, -0.2) is 83.9 Å². The third-order valence-corrected chi connectivity index (χ3v) is 8.46. The van der Waals surface area contributed by atoms with Crippen molar-refractivity contribution >= 4 is 35.6 Å². The Morgan fingerprint density at radius 2 is 1.15 bits per heavy atom. The third-order valence-electron chi connectivity index (χ3n) is 8.46. The summed E-state index contributed by atoms with van der Waals surface area (Å²) in [5.74, 6) is -5.21. The van der Waals surface area contributed by atoms with Crippen molar-refractivity contribution in [3.05, 3.63) is 0 Å². The number of cyclic esters (lactones) is 2. The van der Waals surface area contributed by atoms with Crippen LogP contribution in [0.1, 0.15) is 109 Å². The Balaban J connectivity index is 3.84. The van der Waals surface area contributed by atoms with Gasteiger partial charge in [0.15, 0.2) is 12.2 Å². The van der Waals surface area contributed by atoms with Gasteiger partial charge in [-0.3, -0.25) is 19.2 Å². The van der Waals surface area contributed by atoms with Crippen molar-refractivity contribution in [3.8, 4) is 0 Å². The lowest BCUT2D eigenvalue weighted by Gasteiger charge is -2.35. The normalized spacial score (nSPS) is 27.0. The molecule has 1 heterocycles. The van der Waals surface area contributed by atoms with Crippen LogP contribution in [0, 0.1) is 35.5 Å². The van der Waals surface area contributed by atoms with Crippen molar-refractivity contribution in [1.29, 1.82) is 0 Å². The molecule has 7 atom stereocenters. The topological polar surface area (TPSA) is 160 Å². The molecule has 1 rings (SSSR count). The van der Waals surface area contributed by atoms with Crippen molar-refractivity contribution in [2.75, 3.05) is 7.05 Å². The van der Waals surface area contributed by atoms with Gasteiger partial charge in [0.05, 0.1) is 0 Å². The minimum Gasteiger partial charge on any atom is -0.451 e. The van der Waals surface area contributed by atoms with Gasteiger partial charge >= 0.3 is 11.9 Å². The molecule has 0 aliphatic carbocycles. The van der Waals surface area contributed by atoms with Crippen molar-refractivity contribution in [2.45, 2.75) is 145 Å². The lowest BCUT2D eigenvalue weighted by atomic mass is 9.95. The Hall–Kier alpha value is -3.18. The van der Waals surface area contributed by atoms with E-state index in [9.17, 15) is 28.8 Å². The maximum absolute atomic E-state index is 14.0. The van der Waals surface area contributed by atoms with Gasteiger partial charge in [0.25, 0.3) is 11.8 Å². The summed E-state index contributed by atoms with van der Waals surface area (Å²) in [6, 6.07) is -4.25. The van der Waals surface area contributed by atoms with E-state index < -0.39 is 77.9 Å². The van der Waals surface area contributed by atoms with Gasteiger partial charge in [-0.2, -0.15) is 0 Å². The summed E-state index contributed by atoms with van der Waals surface area (Å²) in [6.07, 6.45) is -1.31. The van der Waals surface area contributed by atoms with Gasteiger partial charge in [-0.05, 0) is 54.8 Å². The second-order valence-corrected chi connectivity index (χ2v) is 15.0. The highest BCUT2D eigenvalue weighted by atomic mass is 16.6. The van der Waals surface area contributed by atoms with E-state index in [1.165, 1.54) is 11.9 Å². The third kappa shape index (κ3) is 12.7. The van der Waals surface area contributed by atoms with Crippen molar-refractivity contribution in [3.63, 3.8) is 0 Å². The van der Waals surface area contributed by atoms with Gasteiger partial charge in [-0.1, -0.05) is 89.5 Å². The Labute approximate surface area is 282 Å². The molecule has 0 spiro atoms. The first kappa shape index (κ1) is 41.8. The summed E-state index contributed by atoms with van der Waals surface area (Å²) in [6.45, 7) is 22.0. The number of hydrogen-bond acceptors (Lipinski definition) is 8. The fourth-order valence-corrected chi connectivity index (χ4v) is 5.43. The van der Waals surface area contributed by atoms with Crippen LogP contribution in [0.15, 0.2) is 0 Å². The summed E-state index contributed by atoms with van der Waals surface area (Å²) in [5, 5.41) is 8.33. The number of carbonyl (C=O) groups excluding carboxylic acids is 6. The Morgan fingerprint density at radius 1 is 0.617 bits per heavy atom. The summed E-state index contributed by atoms with van der Waals surface area (Å²) >= 11 is 0. The Bertz CT molecular complexity index is 1090. The molecule has 1 aliphatic heterocycles. The highest BCUT2D eigenvalue weighted by Gasteiger charge is 2.40. The largest absolute Gasteiger partial charge is 0.451 e. The van der Waals surface area contributed by atoms with E-state index in [0.29, 0.717) is 6.42 Å². The number of nitrogens with one attached hydrogen (secondary N) is 3. The van der Waals surface area contributed by atoms with E-state index in [0.717, 1.165) is 0 Å². The second-order valence-electron chi connectivity index (χ2n) is 15.0. The summed E-state index contributed by atoms with van der Waals surface area (Å²) < 4.78 is 11.6. The second kappa shape index (κ2) is 19.0. The number of carbonyl (C=O) groups is 6. The molecule has 1 aliphatic rings. The molecule has 0 radical (unpaired) electrons. The molecule has 12 nitrogen and oxygen atoms in total. The molecule has 0 bridgehead atoms. The molecule has 47 heavy (non-hydrogen) atoms. The van der Waals surface area contributed by atoms with Crippen LogP contribution in [-0.2, 0) is 38.2 Å². The Kier molecular flexibility index (Phi) is 16.9. The highest BCUT2D eigenvalue weighted by Crippen LogP contribution is 2.21. The minimum atomic E-state index is -1.26. The minimum absolute atomic E-state index is 0.0221. The molecule has 0 aromatic heterocycles. The number of amides is 4. The molecule has 1 fully saturated rings. The van der Waals surface area contributed by atoms with E-state index in [1.54, 1.807) is 34.6 Å². The number of rotatable bonds is 10. The Morgan fingerprint density at radius 3 is 1.62 bits per heavy atom. The molecule has 0 saturated carbocycles. The van der Waals surface area contributed by atoms with Gasteiger partial charge in [-0.25, -0.2) is 9.59 Å². The van der Waals surface area contributed by atoms with E-state index in [-0.39, 0.29) is 48.9 Å². The van der Waals surface area contributed by atoms with Crippen LogP contribution in [0.25, 0.3) is 0 Å². The molecule has 3 N–H and O–H groups in total. The van der Waals surface area contributed by atoms with Crippen LogP contribution in [0.4, 0.5) is 0 Å². The first-order chi connectivity index (χ1) is 21.7. The van der Waals surface area contributed by atoms with Gasteiger partial charge < -0.3 is 30.3 Å². The lowest BCUT2D eigenvalue weighted by molar-refractivity contribution is -0.167. The van der Waals surface area contributed by atoms with Crippen LogP contribution in [0.2, 0.25) is 0 Å². The number of esters is 2. The molecule has 270 valence electrons. The van der Waals surface area contributed by atoms with Gasteiger partial charge in [0.1, 0.15) is 24.2 Å². The molecule has 0 aromatic carbocycles. The summed E-state index contributed by atoms with van der Waals surface area (Å²) in [5.41, 5.74) is 0. The average Bonchev–Trinajstić information content (AvgIpc) is 2.96. The summed E-state index contributed by atoms with van der Waals surface area (Å²) in [4.78, 5) is 83.8. The standard InChI is InChI=1S/C35H62N4O8/c1-14-23(12)28-31(41)36-24(15-18(2)3)34(44)46-26(17-20(6)7)30(40)37-27(21(8)9)33(43)39(13)25(16-19(4)5)35(45)47-29(22(10)11)32(42)38-28/h18-29H,14-17H2,1-13H3,(H,36,41)(H,37,40)(H,38,42)/t23-,24+,25-,26+,27-,28+,29+/m0/s1. The molecule has 4 amide bonds. The maximum atomic E-state index is 14.0. The van der Waals surface area contributed by atoms with Crippen LogP contribution in [0.3, 0.4) is 0 Å². The zero-order valence-electron chi connectivity index (χ0n) is 31.0. The van der Waals surface area contributed by atoms with Gasteiger partial charge in [-0.15, -0.1) is 0 Å². The van der Waals surface area contributed by atoms with Crippen molar-refractivity contribution in [1.82, 2.24) is 20.9 Å². The summed E-state index contributed by atoms with van der Waals surface area (Å²) in [7, 11) is 1.48. The quantitative estimate of drug-likeness (QED) is 0.298. The molecule has 12 heteroatoms. The predicted octanol–water partition coefficient (Wildman–Crippen LogP) is 3.60. The monoisotopic (exact) mass is 666 g/mol. The van der Waals surface area contributed by atoms with E-state index in [2.05, 4.69) is 16.0 Å². The number of hydrogen-bond donors (Lipinski definition) is 3.